The van der Waals surface area contributed by atoms with Gasteiger partial charge in [0, 0.05) is 11.1 Å². The van der Waals surface area contributed by atoms with Crippen molar-refractivity contribution in [3.05, 3.63) is 69.8 Å². The molecule has 1 saturated carbocycles. The lowest BCUT2D eigenvalue weighted by Crippen LogP contribution is -2.11. The van der Waals surface area contributed by atoms with E-state index in [2.05, 4.69) is 6.92 Å². The summed E-state index contributed by atoms with van der Waals surface area (Å²) in [6.45, 7) is 4.08. The first-order chi connectivity index (χ1) is 12.5. The molecule has 0 N–H and O–H groups in total. The molecule has 0 heterocycles. The molecule has 1 aliphatic rings. The van der Waals surface area contributed by atoms with E-state index in [0.29, 0.717) is 22.6 Å². The van der Waals surface area contributed by atoms with E-state index in [1.807, 2.05) is 36.4 Å². The molecular formula is C23H22N2O. The quantitative estimate of drug-likeness (QED) is 0.714. The minimum Gasteiger partial charge on any atom is -0.289 e. The first kappa shape index (κ1) is 17.9. The van der Waals surface area contributed by atoms with Crippen LogP contribution >= 0.6 is 0 Å². The number of hydrogen-bond acceptors (Lipinski definition) is 3. The molecule has 2 aromatic rings. The second-order valence-corrected chi connectivity index (χ2v) is 7.31. The Labute approximate surface area is 154 Å². The van der Waals surface area contributed by atoms with Crippen molar-refractivity contribution < 1.29 is 4.79 Å². The van der Waals surface area contributed by atoms with Crippen molar-refractivity contribution in [3.8, 4) is 12.1 Å². The van der Waals surface area contributed by atoms with E-state index in [1.165, 1.54) is 31.2 Å². The molecule has 0 spiro atoms. The molecule has 0 radical (unpaired) electrons. The number of rotatable bonds is 3. The van der Waals surface area contributed by atoms with Gasteiger partial charge in [-0.15, -0.1) is 0 Å². The molecule has 3 heteroatoms. The highest BCUT2D eigenvalue weighted by molar-refractivity contribution is 6.10. The van der Waals surface area contributed by atoms with Gasteiger partial charge >= 0.3 is 0 Å². The molecule has 0 bridgehead atoms. The third-order valence-corrected chi connectivity index (χ3v) is 5.54. The number of benzene rings is 2. The maximum Gasteiger partial charge on any atom is 0.194 e. The predicted octanol–water partition coefficient (Wildman–Crippen LogP) is 5.26. The third-order valence-electron chi connectivity index (χ3n) is 5.54. The molecular weight excluding hydrogens is 320 g/mol. The number of hydrogen-bond donors (Lipinski definition) is 0. The van der Waals surface area contributed by atoms with Gasteiger partial charge in [0.15, 0.2) is 5.78 Å². The Bertz CT molecular complexity index is 905. The molecule has 0 aliphatic heterocycles. The molecule has 1 fully saturated rings. The minimum absolute atomic E-state index is 0.169. The topological polar surface area (TPSA) is 64.7 Å². The highest BCUT2D eigenvalue weighted by Gasteiger charge is 2.21. The van der Waals surface area contributed by atoms with Crippen LogP contribution in [-0.2, 0) is 0 Å². The molecule has 0 saturated heterocycles. The zero-order chi connectivity index (χ0) is 18.7. The van der Waals surface area contributed by atoms with Gasteiger partial charge in [-0.3, -0.25) is 4.79 Å². The lowest BCUT2D eigenvalue weighted by Gasteiger charge is -2.26. The first-order valence-electron chi connectivity index (χ1n) is 9.13. The summed E-state index contributed by atoms with van der Waals surface area (Å²) >= 11 is 0. The minimum atomic E-state index is -0.207. The fraction of sp³-hybridized carbons (Fsp3) is 0.348. The van der Waals surface area contributed by atoms with Gasteiger partial charge in [0.2, 0.25) is 0 Å². The van der Waals surface area contributed by atoms with E-state index in [9.17, 15) is 15.3 Å². The second kappa shape index (κ2) is 7.54. The number of aryl methyl sites for hydroxylation is 1. The summed E-state index contributed by atoms with van der Waals surface area (Å²) in [5.74, 6) is 1.18. The lowest BCUT2D eigenvalue weighted by molar-refractivity contribution is 0.103. The number of nitrogens with zero attached hydrogens (tertiary/aromatic N) is 2. The fourth-order valence-corrected chi connectivity index (χ4v) is 3.81. The van der Waals surface area contributed by atoms with Gasteiger partial charge in [0.05, 0.1) is 11.1 Å². The average Bonchev–Trinajstić information content (AvgIpc) is 2.68. The average molecular weight is 342 g/mol. The van der Waals surface area contributed by atoms with Crippen LogP contribution in [-0.4, -0.2) is 5.78 Å². The van der Waals surface area contributed by atoms with Crippen LogP contribution in [0.25, 0.3) is 0 Å². The zero-order valence-electron chi connectivity index (χ0n) is 15.2. The summed E-state index contributed by atoms with van der Waals surface area (Å²) < 4.78 is 0. The van der Waals surface area contributed by atoms with Crippen LogP contribution in [0, 0.1) is 35.5 Å². The highest BCUT2D eigenvalue weighted by Crippen LogP contribution is 2.35. The molecule has 0 atom stereocenters. The molecule has 1 aliphatic carbocycles. The summed E-state index contributed by atoms with van der Waals surface area (Å²) in [6, 6.07) is 15.2. The first-order valence-corrected chi connectivity index (χ1v) is 9.13. The van der Waals surface area contributed by atoms with Crippen LogP contribution < -0.4 is 0 Å². The van der Waals surface area contributed by atoms with Crippen molar-refractivity contribution in [1.82, 2.24) is 0 Å². The molecule has 0 aromatic heterocycles. The van der Waals surface area contributed by atoms with Gasteiger partial charge in [-0.1, -0.05) is 50.1 Å². The summed E-state index contributed by atoms with van der Waals surface area (Å²) in [7, 11) is 0. The Morgan fingerprint density at radius 1 is 0.923 bits per heavy atom. The van der Waals surface area contributed by atoms with Crippen LogP contribution in [0.15, 0.2) is 36.4 Å². The molecule has 3 nitrogen and oxygen atoms in total. The largest absolute Gasteiger partial charge is 0.289 e. The van der Waals surface area contributed by atoms with E-state index >= 15 is 0 Å². The molecule has 2 aromatic carbocycles. The second-order valence-electron chi connectivity index (χ2n) is 7.31. The van der Waals surface area contributed by atoms with Crippen LogP contribution in [0.5, 0.6) is 0 Å². The molecule has 26 heavy (non-hydrogen) atoms. The number of nitriles is 2. The predicted molar refractivity (Wildman–Crippen MR) is 101 cm³/mol. The maximum atomic E-state index is 12.9. The van der Waals surface area contributed by atoms with Gasteiger partial charge in [0.1, 0.15) is 12.1 Å². The lowest BCUT2D eigenvalue weighted by atomic mass is 9.79. The van der Waals surface area contributed by atoms with E-state index in [4.69, 9.17) is 0 Å². The molecule has 0 amide bonds. The van der Waals surface area contributed by atoms with E-state index < -0.39 is 0 Å². The molecule has 3 rings (SSSR count). The van der Waals surface area contributed by atoms with Crippen molar-refractivity contribution in [3.63, 3.8) is 0 Å². The standard InChI is InChI=1S/C23H22N2O/c1-15-3-6-17(7-4-15)18-8-10-19(11-9-18)23(26)20-12-5-16(2)21(13-24)22(20)14-25/h5,8-12,15,17H,3-4,6-7H2,1-2H3. The van der Waals surface area contributed by atoms with E-state index in [1.54, 1.807) is 19.1 Å². The SMILES string of the molecule is Cc1ccc(C(=O)c2ccc(C3CCC(C)CC3)cc2)c(C#N)c1C#N. The van der Waals surface area contributed by atoms with Crippen LogP contribution in [0.4, 0.5) is 0 Å². The van der Waals surface area contributed by atoms with Crippen molar-refractivity contribution in [1.29, 1.82) is 10.5 Å². The Balaban J connectivity index is 1.88. The van der Waals surface area contributed by atoms with Crippen LogP contribution in [0.3, 0.4) is 0 Å². The monoisotopic (exact) mass is 342 g/mol. The Morgan fingerprint density at radius 2 is 1.54 bits per heavy atom. The molecule has 130 valence electrons. The fourth-order valence-electron chi connectivity index (χ4n) is 3.81. The van der Waals surface area contributed by atoms with Gasteiger partial charge in [0.25, 0.3) is 0 Å². The summed E-state index contributed by atoms with van der Waals surface area (Å²) in [4.78, 5) is 12.9. The Morgan fingerprint density at radius 3 is 2.12 bits per heavy atom. The van der Waals surface area contributed by atoms with Crippen molar-refractivity contribution in [2.75, 3.05) is 0 Å². The van der Waals surface area contributed by atoms with Crippen molar-refractivity contribution in [2.24, 2.45) is 5.92 Å². The molecule has 0 unspecified atom stereocenters. The van der Waals surface area contributed by atoms with Crippen molar-refractivity contribution >= 4 is 5.78 Å². The van der Waals surface area contributed by atoms with Crippen LogP contribution in [0.2, 0.25) is 0 Å². The smallest absolute Gasteiger partial charge is 0.194 e. The van der Waals surface area contributed by atoms with Crippen LogP contribution in [0.1, 0.15) is 76.7 Å². The van der Waals surface area contributed by atoms with Crippen molar-refractivity contribution in [2.45, 2.75) is 45.4 Å². The van der Waals surface area contributed by atoms with E-state index in [-0.39, 0.29) is 16.9 Å². The third kappa shape index (κ3) is 3.39. The number of ketones is 1. The Hall–Kier alpha value is -2.91. The number of carbonyl (C=O) groups is 1. The summed E-state index contributed by atoms with van der Waals surface area (Å²) in [5.41, 5.74) is 3.31. The summed E-state index contributed by atoms with van der Waals surface area (Å²) in [6.07, 6.45) is 4.93. The highest BCUT2D eigenvalue weighted by atomic mass is 16.1. The van der Waals surface area contributed by atoms with Gasteiger partial charge in [-0.25, -0.2) is 0 Å². The van der Waals surface area contributed by atoms with E-state index in [0.717, 1.165) is 5.92 Å². The zero-order valence-corrected chi connectivity index (χ0v) is 15.2. The van der Waals surface area contributed by atoms with Gasteiger partial charge < -0.3 is 0 Å². The van der Waals surface area contributed by atoms with Gasteiger partial charge in [-0.2, -0.15) is 10.5 Å². The summed E-state index contributed by atoms with van der Waals surface area (Å²) in [5, 5.41) is 18.7. The number of carbonyl (C=O) groups excluding carboxylic acids is 1. The Kier molecular flexibility index (Phi) is 5.19. The maximum absolute atomic E-state index is 12.9. The van der Waals surface area contributed by atoms with Gasteiger partial charge in [-0.05, 0) is 48.8 Å². The normalized spacial score (nSPS) is 19.4.